The van der Waals surface area contributed by atoms with Gasteiger partial charge in [-0.15, -0.1) is 11.8 Å². The summed E-state index contributed by atoms with van der Waals surface area (Å²) < 4.78 is 4.85. The van der Waals surface area contributed by atoms with Crippen molar-refractivity contribution in [3.8, 4) is 0 Å². The molecular weight excluding hydrogens is 202 g/mol. The maximum absolute atomic E-state index is 11.1. The molecule has 0 aromatic heterocycles. The molecule has 84 valence electrons. The first-order valence-corrected chi connectivity index (χ1v) is 5.87. The van der Waals surface area contributed by atoms with Gasteiger partial charge in [0.15, 0.2) is 0 Å². The molecule has 4 nitrogen and oxygen atoms in total. The van der Waals surface area contributed by atoms with Crippen LogP contribution >= 0.6 is 11.8 Å². The summed E-state index contributed by atoms with van der Waals surface area (Å²) in [6, 6.07) is 0. The van der Waals surface area contributed by atoms with Crippen LogP contribution in [0.4, 0.5) is 0 Å². The molecule has 0 spiro atoms. The first-order chi connectivity index (χ1) is 6.70. The largest absolute Gasteiger partial charge is 0.391 e. The lowest BCUT2D eigenvalue weighted by molar-refractivity contribution is -0.119. The molecule has 0 aliphatic rings. The first-order valence-electron chi connectivity index (χ1n) is 4.72. The van der Waals surface area contributed by atoms with Crippen molar-refractivity contribution in [3.63, 3.8) is 0 Å². The molecule has 1 unspecified atom stereocenters. The Hall–Kier alpha value is -0.260. The molecule has 0 aromatic carbocycles. The highest BCUT2D eigenvalue weighted by Crippen LogP contribution is 1.98. The van der Waals surface area contributed by atoms with E-state index in [0.29, 0.717) is 25.3 Å². The highest BCUT2D eigenvalue weighted by molar-refractivity contribution is 7.99. The van der Waals surface area contributed by atoms with Crippen molar-refractivity contribution in [3.05, 3.63) is 0 Å². The van der Waals surface area contributed by atoms with E-state index in [0.717, 1.165) is 5.75 Å². The number of amides is 1. The van der Waals surface area contributed by atoms with Gasteiger partial charge in [-0.3, -0.25) is 4.79 Å². The summed E-state index contributed by atoms with van der Waals surface area (Å²) in [6.45, 7) is 2.89. The zero-order chi connectivity index (χ0) is 10.8. The standard InChI is InChI=1S/C9H19NO3S/c1-3-8(11)6-10-9(12)7-14-5-4-13-2/h8,11H,3-7H2,1-2H3,(H,10,12). The van der Waals surface area contributed by atoms with Crippen LogP contribution in [0.5, 0.6) is 0 Å². The Bertz CT molecular complexity index is 155. The zero-order valence-corrected chi connectivity index (χ0v) is 9.60. The van der Waals surface area contributed by atoms with Crippen molar-refractivity contribution in [2.45, 2.75) is 19.4 Å². The number of methoxy groups -OCH3 is 1. The van der Waals surface area contributed by atoms with Crippen molar-refractivity contribution >= 4 is 17.7 Å². The van der Waals surface area contributed by atoms with E-state index in [9.17, 15) is 9.90 Å². The van der Waals surface area contributed by atoms with Gasteiger partial charge in [0.25, 0.3) is 0 Å². The average molecular weight is 221 g/mol. The van der Waals surface area contributed by atoms with Crippen LogP contribution in [0.1, 0.15) is 13.3 Å². The number of rotatable bonds is 8. The lowest BCUT2D eigenvalue weighted by Gasteiger charge is -2.08. The Kier molecular flexibility index (Phi) is 9.13. The van der Waals surface area contributed by atoms with E-state index in [1.807, 2.05) is 6.92 Å². The number of hydrogen-bond donors (Lipinski definition) is 2. The lowest BCUT2D eigenvalue weighted by atomic mass is 10.3. The van der Waals surface area contributed by atoms with E-state index < -0.39 is 6.10 Å². The van der Waals surface area contributed by atoms with Gasteiger partial charge >= 0.3 is 0 Å². The van der Waals surface area contributed by atoms with E-state index in [2.05, 4.69) is 5.32 Å². The maximum atomic E-state index is 11.1. The molecule has 0 saturated carbocycles. The molecule has 2 N–H and O–H groups in total. The van der Waals surface area contributed by atoms with Gasteiger partial charge in [-0.05, 0) is 6.42 Å². The molecule has 0 rings (SSSR count). The number of carbonyl (C=O) groups excluding carboxylic acids is 1. The van der Waals surface area contributed by atoms with Crippen LogP contribution in [0.25, 0.3) is 0 Å². The summed E-state index contributed by atoms with van der Waals surface area (Å²) in [5, 5.41) is 11.8. The minimum absolute atomic E-state index is 0.0291. The molecule has 0 heterocycles. The van der Waals surface area contributed by atoms with Crippen molar-refractivity contribution in [1.82, 2.24) is 5.32 Å². The lowest BCUT2D eigenvalue weighted by Crippen LogP contribution is -2.32. The van der Waals surface area contributed by atoms with Gasteiger partial charge in [0.2, 0.25) is 5.91 Å². The molecule has 0 saturated heterocycles. The third-order valence-corrected chi connectivity index (χ3v) is 2.59. The smallest absolute Gasteiger partial charge is 0.230 e. The van der Waals surface area contributed by atoms with Crippen LogP contribution in [-0.2, 0) is 9.53 Å². The van der Waals surface area contributed by atoms with E-state index in [4.69, 9.17) is 4.74 Å². The molecule has 0 radical (unpaired) electrons. The molecule has 0 aliphatic carbocycles. The minimum Gasteiger partial charge on any atom is -0.391 e. The van der Waals surface area contributed by atoms with E-state index in [1.165, 1.54) is 11.8 Å². The third-order valence-electron chi connectivity index (χ3n) is 1.67. The number of thioether (sulfide) groups is 1. The number of carbonyl (C=O) groups is 1. The van der Waals surface area contributed by atoms with Gasteiger partial charge in [0.05, 0.1) is 18.5 Å². The fourth-order valence-electron chi connectivity index (χ4n) is 0.734. The predicted molar refractivity (Wildman–Crippen MR) is 58.5 cm³/mol. The van der Waals surface area contributed by atoms with Crippen LogP contribution in [0.2, 0.25) is 0 Å². The monoisotopic (exact) mass is 221 g/mol. The van der Waals surface area contributed by atoms with E-state index in [1.54, 1.807) is 7.11 Å². The van der Waals surface area contributed by atoms with Gasteiger partial charge in [0, 0.05) is 19.4 Å². The third kappa shape index (κ3) is 8.34. The average Bonchev–Trinajstić information content (AvgIpc) is 2.21. The predicted octanol–water partition coefficient (Wildman–Crippen LogP) is 0.253. The van der Waals surface area contributed by atoms with Gasteiger partial charge in [-0.25, -0.2) is 0 Å². The summed E-state index contributed by atoms with van der Waals surface area (Å²) >= 11 is 1.53. The topological polar surface area (TPSA) is 58.6 Å². The summed E-state index contributed by atoms with van der Waals surface area (Å²) in [5.74, 6) is 1.22. The van der Waals surface area contributed by atoms with Crippen LogP contribution in [0.15, 0.2) is 0 Å². The fraction of sp³-hybridized carbons (Fsp3) is 0.889. The molecule has 14 heavy (non-hydrogen) atoms. The molecule has 5 heteroatoms. The highest BCUT2D eigenvalue weighted by atomic mass is 32.2. The highest BCUT2D eigenvalue weighted by Gasteiger charge is 2.04. The number of ether oxygens (including phenoxy) is 1. The Labute approximate surface area is 89.4 Å². The van der Waals surface area contributed by atoms with Crippen molar-refractivity contribution in [2.75, 3.05) is 31.8 Å². The Balaban J connectivity index is 3.28. The first kappa shape index (κ1) is 13.7. The molecule has 0 aliphatic heterocycles. The Morgan fingerprint density at radius 3 is 2.93 bits per heavy atom. The summed E-state index contributed by atoms with van der Waals surface area (Å²) in [4.78, 5) is 11.1. The van der Waals surface area contributed by atoms with Crippen molar-refractivity contribution < 1.29 is 14.6 Å². The van der Waals surface area contributed by atoms with Crippen LogP contribution < -0.4 is 5.32 Å². The summed E-state index contributed by atoms with van der Waals surface area (Å²) in [5.41, 5.74) is 0. The molecule has 0 aromatic rings. The van der Waals surface area contributed by atoms with Crippen LogP contribution in [0, 0.1) is 0 Å². The van der Waals surface area contributed by atoms with Gasteiger partial charge < -0.3 is 15.2 Å². The van der Waals surface area contributed by atoms with E-state index >= 15 is 0 Å². The molecular formula is C9H19NO3S. The minimum atomic E-state index is -0.428. The Morgan fingerprint density at radius 1 is 1.64 bits per heavy atom. The van der Waals surface area contributed by atoms with E-state index in [-0.39, 0.29) is 5.91 Å². The second-order valence-corrected chi connectivity index (χ2v) is 4.02. The second-order valence-electron chi connectivity index (χ2n) is 2.91. The molecule has 1 amide bonds. The SMILES string of the molecule is CCC(O)CNC(=O)CSCCOC. The fourth-order valence-corrected chi connectivity index (χ4v) is 1.45. The second kappa shape index (κ2) is 9.30. The summed E-state index contributed by atoms with van der Waals surface area (Å²) in [6.07, 6.45) is 0.236. The Morgan fingerprint density at radius 2 is 2.36 bits per heavy atom. The van der Waals surface area contributed by atoms with Crippen molar-refractivity contribution in [2.24, 2.45) is 0 Å². The van der Waals surface area contributed by atoms with Crippen LogP contribution in [0.3, 0.4) is 0 Å². The molecule has 0 bridgehead atoms. The van der Waals surface area contributed by atoms with Gasteiger partial charge in [-0.1, -0.05) is 6.92 Å². The zero-order valence-electron chi connectivity index (χ0n) is 8.78. The van der Waals surface area contributed by atoms with Gasteiger partial charge in [-0.2, -0.15) is 0 Å². The molecule has 0 fully saturated rings. The quantitative estimate of drug-likeness (QED) is 0.577. The number of hydrogen-bond acceptors (Lipinski definition) is 4. The van der Waals surface area contributed by atoms with Gasteiger partial charge in [0.1, 0.15) is 0 Å². The molecule has 1 atom stereocenters. The normalized spacial score (nSPS) is 12.5. The number of nitrogens with one attached hydrogen (secondary N) is 1. The number of aliphatic hydroxyl groups is 1. The number of aliphatic hydroxyl groups excluding tert-OH is 1. The van der Waals surface area contributed by atoms with Crippen LogP contribution in [-0.4, -0.2) is 48.9 Å². The van der Waals surface area contributed by atoms with Crippen molar-refractivity contribution in [1.29, 1.82) is 0 Å². The summed E-state index contributed by atoms with van der Waals surface area (Å²) in [7, 11) is 1.64. The maximum Gasteiger partial charge on any atom is 0.230 e.